The summed E-state index contributed by atoms with van der Waals surface area (Å²) >= 11 is 0. The number of anilines is 1. The summed E-state index contributed by atoms with van der Waals surface area (Å²) in [7, 11) is 0. The third-order valence-electron chi connectivity index (χ3n) is 2.14. The Labute approximate surface area is 96.7 Å². The summed E-state index contributed by atoms with van der Waals surface area (Å²) in [6.45, 7) is 0. The summed E-state index contributed by atoms with van der Waals surface area (Å²) in [5.41, 5.74) is 3.68. The van der Waals surface area contributed by atoms with Gasteiger partial charge in [-0.3, -0.25) is 4.98 Å². The fraction of sp³-hybridized carbons (Fsp3) is 0. The molecule has 0 atom stereocenters. The van der Waals surface area contributed by atoms with Gasteiger partial charge in [-0.1, -0.05) is 0 Å². The fourth-order valence-electron chi connectivity index (χ4n) is 1.33. The maximum absolute atomic E-state index is 12.7. The number of nitriles is 1. The molecule has 0 saturated carbocycles. The van der Waals surface area contributed by atoms with E-state index in [9.17, 15) is 4.39 Å². The van der Waals surface area contributed by atoms with Crippen molar-refractivity contribution < 1.29 is 4.39 Å². The number of rotatable bonds is 2. The maximum Gasteiger partial charge on any atom is 0.158 e. The van der Waals surface area contributed by atoms with Crippen molar-refractivity contribution in [2.45, 2.75) is 0 Å². The lowest BCUT2D eigenvalue weighted by Gasteiger charge is -2.05. The van der Waals surface area contributed by atoms with Crippen molar-refractivity contribution >= 4 is 5.82 Å². The molecule has 0 aliphatic heterocycles. The Morgan fingerprint density at radius 2 is 2.00 bits per heavy atom. The largest absolute Gasteiger partial charge is 0.307 e. The normalized spacial score (nSPS) is 9.71. The van der Waals surface area contributed by atoms with Crippen molar-refractivity contribution in [3.63, 3.8) is 0 Å². The molecule has 0 bridgehead atoms. The van der Waals surface area contributed by atoms with Gasteiger partial charge in [0.1, 0.15) is 11.9 Å². The van der Waals surface area contributed by atoms with E-state index in [1.165, 1.54) is 12.1 Å². The third-order valence-corrected chi connectivity index (χ3v) is 2.14. The molecule has 6 heteroatoms. The zero-order valence-corrected chi connectivity index (χ0v) is 8.68. The Morgan fingerprint density at radius 1 is 1.24 bits per heavy atom. The Balaban J connectivity index is 2.47. The SMILES string of the molecule is N#Cc1ccc(-c2ccc(F)cn2)nc1NN. The van der Waals surface area contributed by atoms with Gasteiger partial charge in [0.25, 0.3) is 0 Å². The first-order valence-corrected chi connectivity index (χ1v) is 4.74. The number of nitrogens with one attached hydrogen (secondary N) is 1. The summed E-state index contributed by atoms with van der Waals surface area (Å²) in [6.07, 6.45) is 1.10. The average Bonchev–Trinajstić information content (AvgIpc) is 2.39. The topological polar surface area (TPSA) is 87.6 Å². The van der Waals surface area contributed by atoms with Gasteiger partial charge in [-0.05, 0) is 24.3 Å². The molecule has 0 aliphatic carbocycles. The smallest absolute Gasteiger partial charge is 0.158 e. The summed E-state index contributed by atoms with van der Waals surface area (Å²) in [5.74, 6) is 5.10. The highest BCUT2D eigenvalue weighted by molar-refractivity contribution is 5.61. The van der Waals surface area contributed by atoms with Crippen LogP contribution in [0.1, 0.15) is 5.56 Å². The van der Waals surface area contributed by atoms with Gasteiger partial charge in [-0.25, -0.2) is 15.2 Å². The van der Waals surface area contributed by atoms with Crippen molar-refractivity contribution in [3.05, 3.63) is 41.8 Å². The molecule has 17 heavy (non-hydrogen) atoms. The van der Waals surface area contributed by atoms with Gasteiger partial charge in [-0.15, -0.1) is 0 Å². The molecule has 0 spiro atoms. The Hall–Kier alpha value is -2.52. The predicted octanol–water partition coefficient (Wildman–Crippen LogP) is 1.44. The number of hydrogen-bond acceptors (Lipinski definition) is 5. The molecule has 2 aromatic rings. The minimum Gasteiger partial charge on any atom is -0.307 e. The minimum atomic E-state index is -0.417. The zero-order chi connectivity index (χ0) is 12.3. The summed E-state index contributed by atoms with van der Waals surface area (Å²) in [4.78, 5) is 8.01. The molecule has 3 N–H and O–H groups in total. The highest BCUT2D eigenvalue weighted by Crippen LogP contribution is 2.19. The number of nitrogens with two attached hydrogens (primary N) is 1. The first-order valence-electron chi connectivity index (χ1n) is 4.74. The number of hydrogen-bond donors (Lipinski definition) is 2. The maximum atomic E-state index is 12.7. The second kappa shape index (κ2) is 4.55. The van der Waals surface area contributed by atoms with E-state index in [0.29, 0.717) is 17.0 Å². The first-order chi connectivity index (χ1) is 8.24. The molecule has 0 fully saturated rings. The molecular weight excluding hydrogens is 221 g/mol. The molecule has 2 aromatic heterocycles. The van der Waals surface area contributed by atoms with Crippen molar-refractivity contribution in [2.75, 3.05) is 5.43 Å². The Bertz CT molecular complexity index is 573. The van der Waals surface area contributed by atoms with Crippen molar-refractivity contribution in [1.82, 2.24) is 9.97 Å². The molecule has 84 valence electrons. The molecule has 0 aliphatic rings. The number of nitrogen functional groups attached to an aromatic ring is 1. The van der Waals surface area contributed by atoms with Crippen molar-refractivity contribution in [1.29, 1.82) is 5.26 Å². The summed E-state index contributed by atoms with van der Waals surface area (Å²) < 4.78 is 12.7. The van der Waals surface area contributed by atoms with E-state index >= 15 is 0 Å². The second-order valence-electron chi connectivity index (χ2n) is 3.21. The zero-order valence-electron chi connectivity index (χ0n) is 8.68. The number of nitrogens with zero attached hydrogens (tertiary/aromatic N) is 3. The van der Waals surface area contributed by atoms with E-state index < -0.39 is 5.82 Å². The number of halogens is 1. The molecule has 2 heterocycles. The molecule has 5 nitrogen and oxygen atoms in total. The van der Waals surface area contributed by atoms with Crippen LogP contribution in [0.25, 0.3) is 11.4 Å². The molecule has 0 unspecified atom stereocenters. The van der Waals surface area contributed by atoms with E-state index in [2.05, 4.69) is 15.4 Å². The monoisotopic (exact) mass is 229 g/mol. The van der Waals surface area contributed by atoms with Gasteiger partial charge in [0.15, 0.2) is 5.82 Å². The highest BCUT2D eigenvalue weighted by Gasteiger charge is 2.06. The quantitative estimate of drug-likeness (QED) is 0.601. The summed E-state index contributed by atoms with van der Waals surface area (Å²) in [6, 6.07) is 7.94. The van der Waals surface area contributed by atoms with Crippen LogP contribution < -0.4 is 11.3 Å². The highest BCUT2D eigenvalue weighted by atomic mass is 19.1. The fourth-order valence-corrected chi connectivity index (χ4v) is 1.33. The van der Waals surface area contributed by atoms with Crippen LogP contribution in [-0.2, 0) is 0 Å². The van der Waals surface area contributed by atoms with Gasteiger partial charge >= 0.3 is 0 Å². The lowest BCUT2D eigenvalue weighted by Crippen LogP contribution is -2.10. The van der Waals surface area contributed by atoms with Crippen LogP contribution in [0.4, 0.5) is 10.2 Å². The van der Waals surface area contributed by atoms with E-state index in [0.717, 1.165) is 6.20 Å². The molecule has 0 radical (unpaired) electrons. The predicted molar refractivity (Wildman–Crippen MR) is 60.0 cm³/mol. The average molecular weight is 229 g/mol. The van der Waals surface area contributed by atoms with Crippen molar-refractivity contribution in [3.8, 4) is 17.5 Å². The van der Waals surface area contributed by atoms with Gasteiger partial charge < -0.3 is 5.43 Å². The third kappa shape index (κ3) is 2.19. The lowest BCUT2D eigenvalue weighted by atomic mass is 10.2. The van der Waals surface area contributed by atoms with Gasteiger partial charge in [0.2, 0.25) is 0 Å². The van der Waals surface area contributed by atoms with Crippen LogP contribution in [0, 0.1) is 17.1 Å². The van der Waals surface area contributed by atoms with Crippen LogP contribution in [0.5, 0.6) is 0 Å². The van der Waals surface area contributed by atoms with E-state index in [-0.39, 0.29) is 5.82 Å². The lowest BCUT2D eigenvalue weighted by molar-refractivity contribution is 0.622. The molecule has 0 saturated heterocycles. The molecule has 0 aromatic carbocycles. The second-order valence-corrected chi connectivity index (χ2v) is 3.21. The molecule has 2 rings (SSSR count). The molecular formula is C11H8FN5. The van der Waals surface area contributed by atoms with E-state index in [1.807, 2.05) is 6.07 Å². The van der Waals surface area contributed by atoms with E-state index in [4.69, 9.17) is 11.1 Å². The van der Waals surface area contributed by atoms with E-state index in [1.54, 1.807) is 12.1 Å². The summed E-state index contributed by atoms with van der Waals surface area (Å²) in [5, 5.41) is 8.80. The number of aromatic nitrogens is 2. The van der Waals surface area contributed by atoms with Crippen molar-refractivity contribution in [2.24, 2.45) is 5.84 Å². The van der Waals surface area contributed by atoms with Crippen LogP contribution >= 0.6 is 0 Å². The Morgan fingerprint density at radius 3 is 2.59 bits per heavy atom. The number of hydrazine groups is 1. The minimum absolute atomic E-state index is 0.260. The van der Waals surface area contributed by atoms with Crippen LogP contribution in [0.2, 0.25) is 0 Å². The van der Waals surface area contributed by atoms with Gasteiger partial charge in [0.05, 0.1) is 23.1 Å². The first kappa shape index (κ1) is 11.0. The molecule has 0 amide bonds. The van der Waals surface area contributed by atoms with Crippen LogP contribution in [0.15, 0.2) is 30.5 Å². The van der Waals surface area contributed by atoms with Crippen LogP contribution in [0.3, 0.4) is 0 Å². The van der Waals surface area contributed by atoms with Gasteiger partial charge in [0, 0.05) is 0 Å². The number of pyridine rings is 2. The van der Waals surface area contributed by atoms with Crippen LogP contribution in [-0.4, -0.2) is 9.97 Å². The van der Waals surface area contributed by atoms with Gasteiger partial charge in [-0.2, -0.15) is 5.26 Å². The standard InChI is InChI=1S/C11H8FN5/c12-8-2-4-9(15-6-8)10-3-1-7(5-13)11(16-10)17-14/h1-4,6H,14H2,(H,16,17). The Kier molecular flexibility index (Phi) is 2.94.